The number of alkyl halides is 3. The van der Waals surface area contributed by atoms with Gasteiger partial charge in [-0.25, -0.2) is 0 Å². The lowest BCUT2D eigenvalue weighted by Crippen LogP contribution is -2.40. The van der Waals surface area contributed by atoms with E-state index in [2.05, 4.69) is 0 Å². The first-order valence-electron chi connectivity index (χ1n) is 6.20. The van der Waals surface area contributed by atoms with Crippen molar-refractivity contribution in [3.05, 3.63) is 0 Å². The third kappa shape index (κ3) is 4.30. The molecule has 2 nitrogen and oxygen atoms in total. The Balaban J connectivity index is 2.44. The number of rotatable bonds is 5. The molecule has 2 N–H and O–H groups in total. The molecule has 0 atom stereocenters. The Bertz CT molecular complexity index is 257. The van der Waals surface area contributed by atoms with E-state index in [1.165, 1.54) is 0 Å². The van der Waals surface area contributed by atoms with E-state index in [9.17, 15) is 18.0 Å². The molecule has 17 heavy (non-hydrogen) atoms. The van der Waals surface area contributed by atoms with Crippen LogP contribution in [0.5, 0.6) is 0 Å². The molecular weight excluding hydrogens is 231 g/mol. The predicted molar refractivity (Wildman–Crippen MR) is 59.5 cm³/mol. The van der Waals surface area contributed by atoms with Gasteiger partial charge in [-0.3, -0.25) is 4.79 Å². The Morgan fingerprint density at radius 3 is 2.24 bits per heavy atom. The fraction of sp³-hybridized carbons (Fsp3) is 0.917. The first-order chi connectivity index (χ1) is 7.90. The van der Waals surface area contributed by atoms with Crippen LogP contribution in [0, 0.1) is 5.41 Å². The predicted octanol–water partition coefficient (Wildman–Crippen LogP) is 3.20. The summed E-state index contributed by atoms with van der Waals surface area (Å²) in [6.07, 6.45) is -0.631. The minimum atomic E-state index is -4.16. The molecule has 0 aromatic rings. The summed E-state index contributed by atoms with van der Waals surface area (Å²) >= 11 is 0. The zero-order chi connectivity index (χ0) is 12.9. The molecule has 0 aromatic heterocycles. The second-order valence-electron chi connectivity index (χ2n) is 4.94. The van der Waals surface area contributed by atoms with E-state index in [-0.39, 0.29) is 25.2 Å². The first-order valence-corrected chi connectivity index (χ1v) is 6.20. The van der Waals surface area contributed by atoms with Crippen LogP contribution in [0.3, 0.4) is 0 Å². The molecule has 1 aliphatic carbocycles. The van der Waals surface area contributed by atoms with Crippen molar-refractivity contribution in [3.8, 4) is 0 Å². The van der Waals surface area contributed by atoms with Gasteiger partial charge >= 0.3 is 6.18 Å². The van der Waals surface area contributed by atoms with E-state index >= 15 is 0 Å². The van der Waals surface area contributed by atoms with Crippen LogP contribution < -0.4 is 5.73 Å². The molecule has 0 aliphatic heterocycles. The molecule has 1 saturated carbocycles. The minimum absolute atomic E-state index is 0.0106. The van der Waals surface area contributed by atoms with Crippen LogP contribution in [0.15, 0.2) is 0 Å². The van der Waals surface area contributed by atoms with Gasteiger partial charge in [0.2, 0.25) is 0 Å². The zero-order valence-electron chi connectivity index (χ0n) is 9.98. The van der Waals surface area contributed by atoms with E-state index in [4.69, 9.17) is 5.73 Å². The molecule has 0 aromatic carbocycles. The van der Waals surface area contributed by atoms with Crippen molar-refractivity contribution in [2.45, 2.75) is 57.5 Å². The van der Waals surface area contributed by atoms with Crippen LogP contribution in [0.25, 0.3) is 0 Å². The molecule has 0 saturated heterocycles. The summed E-state index contributed by atoms with van der Waals surface area (Å²) < 4.78 is 36.0. The summed E-state index contributed by atoms with van der Waals surface area (Å²) in [5, 5.41) is 0. The Kier molecular flexibility index (Phi) is 4.98. The summed E-state index contributed by atoms with van der Waals surface area (Å²) in [4.78, 5) is 12.0. The standard InChI is InChI=1S/C12H20F3NO/c13-12(14,15)8-4-5-10(17)11(9-16)6-2-1-3-7-11/h1-9,16H2. The third-order valence-electron chi connectivity index (χ3n) is 3.66. The molecule has 0 spiro atoms. The molecule has 0 bridgehead atoms. The number of hydrogen-bond donors (Lipinski definition) is 1. The Labute approximate surface area is 99.7 Å². The monoisotopic (exact) mass is 251 g/mol. The Hall–Kier alpha value is -0.580. The number of halogens is 3. The lowest BCUT2D eigenvalue weighted by molar-refractivity contribution is -0.139. The van der Waals surface area contributed by atoms with Gasteiger partial charge in [-0.2, -0.15) is 13.2 Å². The first kappa shape index (κ1) is 14.5. The number of carbonyl (C=O) groups is 1. The maximum absolute atomic E-state index is 12.0. The number of ketones is 1. The van der Waals surface area contributed by atoms with E-state index in [1.807, 2.05) is 0 Å². The van der Waals surface area contributed by atoms with Gasteiger partial charge in [0, 0.05) is 24.8 Å². The van der Waals surface area contributed by atoms with Crippen molar-refractivity contribution < 1.29 is 18.0 Å². The minimum Gasteiger partial charge on any atom is -0.329 e. The Morgan fingerprint density at radius 1 is 1.18 bits per heavy atom. The molecule has 1 aliphatic rings. The highest BCUT2D eigenvalue weighted by Crippen LogP contribution is 2.37. The van der Waals surface area contributed by atoms with E-state index < -0.39 is 18.0 Å². The molecular formula is C12H20F3NO. The highest BCUT2D eigenvalue weighted by molar-refractivity contribution is 5.85. The average Bonchev–Trinajstić information content (AvgIpc) is 2.28. The lowest BCUT2D eigenvalue weighted by atomic mass is 9.70. The molecule has 0 amide bonds. The van der Waals surface area contributed by atoms with Gasteiger partial charge in [-0.1, -0.05) is 19.3 Å². The second kappa shape index (κ2) is 5.85. The molecule has 1 fully saturated rings. The zero-order valence-corrected chi connectivity index (χ0v) is 9.98. The van der Waals surface area contributed by atoms with E-state index in [0.717, 1.165) is 32.1 Å². The van der Waals surface area contributed by atoms with Crippen molar-refractivity contribution in [1.29, 1.82) is 0 Å². The number of hydrogen-bond acceptors (Lipinski definition) is 2. The van der Waals surface area contributed by atoms with E-state index in [1.54, 1.807) is 0 Å². The van der Waals surface area contributed by atoms with E-state index in [0.29, 0.717) is 0 Å². The summed E-state index contributed by atoms with van der Waals surface area (Å²) in [5.74, 6) is -0.0658. The van der Waals surface area contributed by atoms with Crippen LogP contribution in [0.2, 0.25) is 0 Å². The van der Waals surface area contributed by atoms with Crippen LogP contribution in [-0.2, 0) is 4.79 Å². The van der Waals surface area contributed by atoms with Crippen molar-refractivity contribution in [3.63, 3.8) is 0 Å². The van der Waals surface area contributed by atoms with Crippen LogP contribution in [-0.4, -0.2) is 18.5 Å². The molecule has 5 heteroatoms. The number of nitrogens with two attached hydrogens (primary N) is 1. The van der Waals surface area contributed by atoms with Gasteiger partial charge in [0.05, 0.1) is 0 Å². The molecule has 0 heterocycles. The van der Waals surface area contributed by atoms with Crippen molar-refractivity contribution in [1.82, 2.24) is 0 Å². The van der Waals surface area contributed by atoms with Gasteiger partial charge in [0.1, 0.15) is 5.78 Å². The SMILES string of the molecule is NCC1(C(=O)CCCC(F)(F)F)CCCCC1. The topological polar surface area (TPSA) is 43.1 Å². The van der Waals surface area contributed by atoms with Gasteiger partial charge in [-0.05, 0) is 19.3 Å². The summed E-state index contributed by atoms with van der Waals surface area (Å²) in [7, 11) is 0. The largest absolute Gasteiger partial charge is 0.389 e. The van der Waals surface area contributed by atoms with Crippen LogP contribution >= 0.6 is 0 Å². The van der Waals surface area contributed by atoms with Crippen LogP contribution in [0.4, 0.5) is 13.2 Å². The summed E-state index contributed by atoms with van der Waals surface area (Å²) in [6.45, 7) is 0.276. The number of Topliss-reactive ketones (excluding diaryl/α,β-unsaturated/α-hetero) is 1. The second-order valence-corrected chi connectivity index (χ2v) is 4.94. The molecule has 100 valence electrons. The fourth-order valence-corrected chi connectivity index (χ4v) is 2.54. The quantitative estimate of drug-likeness (QED) is 0.815. The van der Waals surface area contributed by atoms with Gasteiger partial charge in [-0.15, -0.1) is 0 Å². The number of carbonyl (C=O) groups excluding carboxylic acids is 1. The highest BCUT2D eigenvalue weighted by Gasteiger charge is 2.37. The maximum atomic E-state index is 12.0. The average molecular weight is 251 g/mol. The maximum Gasteiger partial charge on any atom is 0.389 e. The summed E-state index contributed by atoms with van der Waals surface area (Å²) in [5.41, 5.74) is 5.13. The van der Waals surface area contributed by atoms with Gasteiger partial charge < -0.3 is 5.73 Å². The smallest absolute Gasteiger partial charge is 0.329 e. The van der Waals surface area contributed by atoms with Gasteiger partial charge in [0.15, 0.2) is 0 Å². The Morgan fingerprint density at radius 2 is 1.76 bits per heavy atom. The van der Waals surface area contributed by atoms with Crippen LogP contribution in [0.1, 0.15) is 51.4 Å². The third-order valence-corrected chi connectivity index (χ3v) is 3.66. The summed E-state index contributed by atoms with van der Waals surface area (Å²) in [6, 6.07) is 0. The molecule has 1 rings (SSSR count). The van der Waals surface area contributed by atoms with Gasteiger partial charge in [0.25, 0.3) is 0 Å². The van der Waals surface area contributed by atoms with Crippen molar-refractivity contribution in [2.24, 2.45) is 11.1 Å². The highest BCUT2D eigenvalue weighted by atomic mass is 19.4. The molecule has 0 unspecified atom stereocenters. The fourth-order valence-electron chi connectivity index (χ4n) is 2.54. The van der Waals surface area contributed by atoms with Crippen molar-refractivity contribution in [2.75, 3.05) is 6.54 Å². The molecule has 0 radical (unpaired) electrons. The van der Waals surface area contributed by atoms with Crippen molar-refractivity contribution >= 4 is 5.78 Å². The lowest BCUT2D eigenvalue weighted by Gasteiger charge is -2.34. The normalized spacial score (nSPS) is 20.2.